The van der Waals surface area contributed by atoms with Crippen molar-refractivity contribution < 1.29 is 14.0 Å². The molecular weight excluding hydrogens is 336 g/mol. The average Bonchev–Trinajstić information content (AvgIpc) is 3.32. The number of carbonyl (C=O) groups is 2. The molecule has 136 valence electrons. The first kappa shape index (κ1) is 17.0. The molecule has 0 N–H and O–H groups in total. The van der Waals surface area contributed by atoms with E-state index in [0.29, 0.717) is 24.8 Å². The van der Waals surface area contributed by atoms with Gasteiger partial charge in [0.1, 0.15) is 0 Å². The Labute approximate surface area is 153 Å². The Morgan fingerprint density at radius 2 is 1.88 bits per heavy atom. The fourth-order valence-corrected chi connectivity index (χ4v) is 5.98. The zero-order valence-corrected chi connectivity index (χ0v) is 15.4. The normalized spacial score (nSPS) is 24.0. The van der Waals surface area contributed by atoms with Gasteiger partial charge in [-0.3, -0.25) is 9.59 Å². The Bertz CT molecular complexity index is 617. The van der Waals surface area contributed by atoms with E-state index in [1.165, 1.54) is 25.5 Å². The minimum absolute atomic E-state index is 0.0343. The van der Waals surface area contributed by atoms with Gasteiger partial charge in [0.05, 0.1) is 11.1 Å². The Balaban J connectivity index is 1.42. The second kappa shape index (κ2) is 7.06. The third kappa shape index (κ3) is 3.21. The number of hydrogen-bond donors (Lipinski definition) is 0. The molecule has 1 aromatic heterocycles. The van der Waals surface area contributed by atoms with E-state index >= 15 is 0 Å². The van der Waals surface area contributed by atoms with E-state index in [4.69, 9.17) is 4.42 Å². The summed E-state index contributed by atoms with van der Waals surface area (Å²) in [6.07, 6.45) is 9.03. The molecule has 4 rings (SSSR count). The Hall–Kier alpha value is -1.43. The highest BCUT2D eigenvalue weighted by atomic mass is 32.2. The molecule has 0 atom stereocenters. The Kier molecular flexibility index (Phi) is 4.80. The van der Waals surface area contributed by atoms with Gasteiger partial charge in [-0.1, -0.05) is 19.3 Å². The van der Waals surface area contributed by atoms with Crippen LogP contribution in [0.5, 0.6) is 0 Å². The maximum absolute atomic E-state index is 13.1. The van der Waals surface area contributed by atoms with Crippen molar-refractivity contribution in [2.45, 2.75) is 49.8 Å². The van der Waals surface area contributed by atoms with Crippen LogP contribution in [-0.2, 0) is 4.79 Å². The van der Waals surface area contributed by atoms with Crippen LogP contribution in [0.2, 0.25) is 0 Å². The molecule has 2 saturated heterocycles. The molecule has 1 spiro atoms. The number of carbonyl (C=O) groups excluding carboxylic acids is 2. The molecule has 6 heteroatoms. The largest absolute Gasteiger partial charge is 0.459 e. The van der Waals surface area contributed by atoms with Crippen molar-refractivity contribution in [1.82, 2.24) is 9.80 Å². The van der Waals surface area contributed by atoms with Crippen molar-refractivity contribution in [2.24, 2.45) is 5.92 Å². The molecule has 25 heavy (non-hydrogen) atoms. The quantitative estimate of drug-likeness (QED) is 0.809. The molecule has 1 aromatic rings. The highest BCUT2D eigenvalue weighted by Crippen LogP contribution is 2.45. The van der Waals surface area contributed by atoms with Gasteiger partial charge in [0.2, 0.25) is 5.91 Å². The van der Waals surface area contributed by atoms with Crippen molar-refractivity contribution in [3.8, 4) is 0 Å². The summed E-state index contributed by atoms with van der Waals surface area (Å²) in [5.41, 5.74) is 0. The highest BCUT2D eigenvalue weighted by molar-refractivity contribution is 8.00. The molecule has 3 heterocycles. The number of furan rings is 1. The summed E-state index contributed by atoms with van der Waals surface area (Å²) in [5.74, 6) is 1.99. The van der Waals surface area contributed by atoms with Crippen LogP contribution in [0.25, 0.3) is 0 Å². The number of hydrogen-bond acceptors (Lipinski definition) is 4. The summed E-state index contributed by atoms with van der Waals surface area (Å²) >= 11 is 1.92. The van der Waals surface area contributed by atoms with Crippen molar-refractivity contribution in [2.75, 3.05) is 25.4 Å². The van der Waals surface area contributed by atoms with Crippen LogP contribution in [0.3, 0.4) is 0 Å². The molecule has 3 fully saturated rings. The standard InChI is InChI=1S/C19H26N2O3S/c22-17(15-5-2-1-3-6-15)21-12-14-25-19(21)8-10-20(11-9-19)18(23)16-7-4-13-24-16/h4,7,13,15H,1-3,5-6,8-12,14H2. The lowest BCUT2D eigenvalue weighted by Crippen LogP contribution is -2.55. The molecule has 1 aliphatic carbocycles. The van der Waals surface area contributed by atoms with Gasteiger partial charge in [-0.05, 0) is 37.8 Å². The predicted octanol–water partition coefficient (Wildman–Crippen LogP) is 3.37. The Morgan fingerprint density at radius 1 is 1.12 bits per heavy atom. The number of piperidine rings is 1. The van der Waals surface area contributed by atoms with Crippen LogP contribution in [0.1, 0.15) is 55.5 Å². The van der Waals surface area contributed by atoms with Crippen LogP contribution in [-0.4, -0.2) is 51.9 Å². The lowest BCUT2D eigenvalue weighted by Gasteiger charge is -2.45. The molecule has 0 aromatic carbocycles. The van der Waals surface area contributed by atoms with Crippen LogP contribution in [0, 0.1) is 5.92 Å². The monoisotopic (exact) mass is 362 g/mol. The van der Waals surface area contributed by atoms with E-state index in [1.807, 2.05) is 16.7 Å². The van der Waals surface area contributed by atoms with E-state index in [0.717, 1.165) is 38.0 Å². The predicted molar refractivity (Wildman–Crippen MR) is 97.3 cm³/mol. The minimum Gasteiger partial charge on any atom is -0.459 e. The van der Waals surface area contributed by atoms with Crippen molar-refractivity contribution in [1.29, 1.82) is 0 Å². The lowest BCUT2D eigenvalue weighted by atomic mass is 9.87. The number of likely N-dealkylation sites (tertiary alicyclic amines) is 1. The third-order valence-corrected chi connectivity index (χ3v) is 7.51. The van der Waals surface area contributed by atoms with Gasteiger partial charge < -0.3 is 14.2 Å². The number of amides is 2. The maximum Gasteiger partial charge on any atom is 0.289 e. The zero-order chi connectivity index (χ0) is 17.3. The first-order valence-electron chi connectivity index (χ1n) is 9.48. The minimum atomic E-state index is -0.0888. The van der Waals surface area contributed by atoms with Gasteiger partial charge in [0.15, 0.2) is 5.76 Å². The SMILES string of the molecule is O=C(c1ccco1)N1CCC2(CC1)SCCN2C(=O)C1CCCCC1. The Morgan fingerprint density at radius 3 is 2.56 bits per heavy atom. The summed E-state index contributed by atoms with van der Waals surface area (Å²) in [7, 11) is 0. The van der Waals surface area contributed by atoms with Crippen LogP contribution in [0.4, 0.5) is 0 Å². The fraction of sp³-hybridized carbons (Fsp3) is 0.684. The summed E-state index contributed by atoms with van der Waals surface area (Å²) in [6.45, 7) is 2.26. The molecule has 5 nitrogen and oxygen atoms in total. The molecule has 0 unspecified atom stereocenters. The summed E-state index contributed by atoms with van der Waals surface area (Å²) in [5, 5.41) is 0. The first-order chi connectivity index (χ1) is 12.2. The molecule has 3 aliphatic rings. The number of thioether (sulfide) groups is 1. The smallest absolute Gasteiger partial charge is 0.289 e. The van der Waals surface area contributed by atoms with Crippen molar-refractivity contribution in [3.63, 3.8) is 0 Å². The number of rotatable bonds is 2. The van der Waals surface area contributed by atoms with Gasteiger partial charge in [0, 0.05) is 31.3 Å². The van der Waals surface area contributed by atoms with E-state index in [-0.39, 0.29) is 16.7 Å². The maximum atomic E-state index is 13.1. The molecule has 2 amide bonds. The van der Waals surface area contributed by atoms with Gasteiger partial charge in [-0.15, -0.1) is 11.8 Å². The molecule has 0 bridgehead atoms. The van der Waals surface area contributed by atoms with E-state index in [1.54, 1.807) is 12.1 Å². The van der Waals surface area contributed by atoms with Crippen molar-refractivity contribution >= 4 is 23.6 Å². The van der Waals surface area contributed by atoms with E-state index in [9.17, 15) is 9.59 Å². The van der Waals surface area contributed by atoms with Crippen LogP contribution >= 0.6 is 11.8 Å². The van der Waals surface area contributed by atoms with Crippen LogP contribution in [0.15, 0.2) is 22.8 Å². The lowest BCUT2D eigenvalue weighted by molar-refractivity contribution is -0.140. The van der Waals surface area contributed by atoms with E-state index in [2.05, 4.69) is 4.90 Å². The third-order valence-electron chi connectivity index (χ3n) is 5.96. The molecule has 1 saturated carbocycles. The van der Waals surface area contributed by atoms with E-state index < -0.39 is 0 Å². The summed E-state index contributed by atoms with van der Waals surface area (Å²) in [4.78, 5) is 29.5. The second-order valence-corrected chi connectivity index (χ2v) is 8.85. The first-order valence-corrected chi connectivity index (χ1v) is 10.5. The van der Waals surface area contributed by atoms with Gasteiger partial charge >= 0.3 is 0 Å². The molecular formula is C19H26N2O3S. The second-order valence-electron chi connectivity index (χ2n) is 7.39. The zero-order valence-electron chi connectivity index (χ0n) is 14.6. The van der Waals surface area contributed by atoms with Gasteiger partial charge in [-0.25, -0.2) is 0 Å². The van der Waals surface area contributed by atoms with Crippen molar-refractivity contribution in [3.05, 3.63) is 24.2 Å². The fourth-order valence-electron chi connectivity index (χ4n) is 4.52. The highest BCUT2D eigenvalue weighted by Gasteiger charge is 2.48. The van der Waals surface area contributed by atoms with Crippen LogP contribution < -0.4 is 0 Å². The van der Waals surface area contributed by atoms with Gasteiger partial charge in [-0.2, -0.15) is 0 Å². The summed E-state index contributed by atoms with van der Waals surface area (Å²) < 4.78 is 5.24. The number of nitrogens with zero attached hydrogens (tertiary/aromatic N) is 2. The summed E-state index contributed by atoms with van der Waals surface area (Å²) in [6, 6.07) is 3.46. The molecule has 0 radical (unpaired) electrons. The topological polar surface area (TPSA) is 53.8 Å². The average molecular weight is 362 g/mol. The van der Waals surface area contributed by atoms with Gasteiger partial charge in [0.25, 0.3) is 5.91 Å². The molecule has 2 aliphatic heterocycles.